The number of rotatable bonds is 4. The smallest absolute Gasteiger partial charge is 0.243 e. The van der Waals surface area contributed by atoms with Crippen molar-refractivity contribution in [2.75, 3.05) is 5.32 Å². The lowest BCUT2D eigenvalue weighted by molar-refractivity contribution is 0.764. The van der Waals surface area contributed by atoms with Crippen molar-refractivity contribution in [2.45, 2.75) is 13.0 Å². The molecule has 0 spiro atoms. The van der Waals surface area contributed by atoms with Gasteiger partial charge in [-0.3, -0.25) is 4.68 Å². The number of anilines is 1. The van der Waals surface area contributed by atoms with Crippen LogP contribution in [0.4, 0.5) is 5.95 Å². The summed E-state index contributed by atoms with van der Waals surface area (Å²) in [6.07, 6.45) is 5.39. The van der Waals surface area contributed by atoms with Crippen LogP contribution in [0.1, 0.15) is 18.5 Å². The maximum atomic E-state index is 5.90. The van der Waals surface area contributed by atoms with Crippen LogP contribution >= 0.6 is 11.6 Å². The Morgan fingerprint density at radius 2 is 1.95 bits per heavy atom. The Kier molecular flexibility index (Phi) is 4.02. The summed E-state index contributed by atoms with van der Waals surface area (Å²) in [4.78, 5) is 4.49. The van der Waals surface area contributed by atoms with E-state index < -0.39 is 0 Å². The van der Waals surface area contributed by atoms with E-state index in [9.17, 15) is 0 Å². The summed E-state index contributed by atoms with van der Waals surface area (Å²) in [5.74, 6) is 0.476. The first-order valence-corrected chi connectivity index (χ1v) is 7.20. The first-order chi connectivity index (χ1) is 10.6. The summed E-state index contributed by atoms with van der Waals surface area (Å²) >= 11 is 5.90. The Morgan fingerprint density at radius 3 is 2.64 bits per heavy atom. The van der Waals surface area contributed by atoms with Crippen molar-refractivity contribution in [1.29, 1.82) is 0 Å². The quantitative estimate of drug-likeness (QED) is 0.801. The number of nitrogens with zero attached hydrogens (tertiary/aromatic N) is 5. The molecule has 2 heterocycles. The van der Waals surface area contributed by atoms with E-state index in [1.54, 1.807) is 10.9 Å². The highest BCUT2D eigenvalue weighted by molar-refractivity contribution is 6.30. The maximum Gasteiger partial charge on any atom is 0.243 e. The first-order valence-electron chi connectivity index (χ1n) is 6.82. The van der Waals surface area contributed by atoms with Gasteiger partial charge in [0.15, 0.2) is 0 Å². The number of aromatic nitrogens is 5. The molecule has 112 valence electrons. The summed E-state index contributed by atoms with van der Waals surface area (Å²) in [6, 6.07) is 7.49. The number of nitrogens with one attached hydrogen (secondary N) is 1. The topological polar surface area (TPSA) is 68.5 Å². The Morgan fingerprint density at radius 1 is 1.18 bits per heavy atom. The molecule has 0 radical (unpaired) electrons. The molecule has 0 amide bonds. The van der Waals surface area contributed by atoms with Gasteiger partial charge in [-0.15, -0.1) is 5.10 Å². The van der Waals surface area contributed by atoms with E-state index in [0.29, 0.717) is 11.0 Å². The van der Waals surface area contributed by atoms with E-state index in [1.165, 1.54) is 0 Å². The summed E-state index contributed by atoms with van der Waals surface area (Å²) in [5, 5.41) is 16.1. The molecule has 0 fully saturated rings. The van der Waals surface area contributed by atoms with Gasteiger partial charge in [0.1, 0.15) is 0 Å². The molecule has 3 rings (SSSR count). The van der Waals surface area contributed by atoms with Crippen LogP contribution in [0.15, 0.2) is 42.9 Å². The van der Waals surface area contributed by atoms with Crippen molar-refractivity contribution in [3.8, 4) is 11.3 Å². The molecular formula is C15H15ClN6. The van der Waals surface area contributed by atoms with Gasteiger partial charge in [-0.05, 0) is 19.1 Å². The molecule has 0 aliphatic carbocycles. The fourth-order valence-electron chi connectivity index (χ4n) is 2.07. The van der Waals surface area contributed by atoms with Crippen LogP contribution in [0.5, 0.6) is 0 Å². The molecule has 2 aromatic heterocycles. The molecule has 22 heavy (non-hydrogen) atoms. The molecule has 7 heteroatoms. The van der Waals surface area contributed by atoms with Crippen molar-refractivity contribution < 1.29 is 0 Å². The molecule has 6 nitrogen and oxygen atoms in total. The third-order valence-electron chi connectivity index (χ3n) is 3.27. The summed E-state index contributed by atoms with van der Waals surface area (Å²) in [7, 11) is 1.88. The van der Waals surface area contributed by atoms with E-state index in [4.69, 9.17) is 11.6 Å². The molecule has 1 atom stereocenters. The molecule has 0 saturated carbocycles. The van der Waals surface area contributed by atoms with Crippen molar-refractivity contribution in [3.05, 3.63) is 53.4 Å². The molecule has 1 N–H and O–H groups in total. The third-order valence-corrected chi connectivity index (χ3v) is 3.52. The van der Waals surface area contributed by atoms with Gasteiger partial charge in [-0.25, -0.2) is 4.98 Å². The van der Waals surface area contributed by atoms with Crippen molar-refractivity contribution >= 4 is 17.5 Å². The molecule has 1 aromatic carbocycles. The number of hydrogen-bond donors (Lipinski definition) is 1. The Hall–Kier alpha value is -2.47. The van der Waals surface area contributed by atoms with Crippen LogP contribution in [0, 0.1) is 0 Å². The molecule has 0 aliphatic rings. The molecule has 0 aliphatic heterocycles. The Labute approximate surface area is 133 Å². The predicted molar refractivity (Wildman–Crippen MR) is 85.5 cm³/mol. The highest BCUT2D eigenvalue weighted by atomic mass is 35.5. The summed E-state index contributed by atoms with van der Waals surface area (Å²) < 4.78 is 1.76. The van der Waals surface area contributed by atoms with E-state index in [2.05, 4.69) is 25.6 Å². The predicted octanol–water partition coefficient (Wildman–Crippen LogP) is 3.10. The third kappa shape index (κ3) is 3.23. The van der Waals surface area contributed by atoms with Crippen LogP contribution in [-0.2, 0) is 7.05 Å². The lowest BCUT2D eigenvalue weighted by Crippen LogP contribution is -2.10. The van der Waals surface area contributed by atoms with E-state index >= 15 is 0 Å². The van der Waals surface area contributed by atoms with Crippen LogP contribution in [0.2, 0.25) is 5.02 Å². The minimum absolute atomic E-state index is 0.0379. The van der Waals surface area contributed by atoms with Crippen LogP contribution < -0.4 is 5.32 Å². The first kappa shape index (κ1) is 14.5. The normalized spacial score (nSPS) is 12.1. The van der Waals surface area contributed by atoms with Gasteiger partial charge < -0.3 is 5.32 Å². The average Bonchev–Trinajstić information content (AvgIpc) is 2.95. The molecule has 0 bridgehead atoms. The van der Waals surface area contributed by atoms with E-state index in [0.717, 1.165) is 16.8 Å². The minimum atomic E-state index is 0.0379. The van der Waals surface area contributed by atoms with Gasteiger partial charge in [-0.1, -0.05) is 23.7 Å². The molecular weight excluding hydrogens is 300 g/mol. The second kappa shape index (κ2) is 6.11. The zero-order chi connectivity index (χ0) is 15.5. The van der Waals surface area contributed by atoms with Gasteiger partial charge in [0.2, 0.25) is 5.95 Å². The SMILES string of the molecule is C[C@@H](Nc1nncc(-c2ccc(Cl)cc2)n1)c1cnn(C)c1. The zero-order valence-corrected chi connectivity index (χ0v) is 13.0. The fourth-order valence-corrected chi connectivity index (χ4v) is 2.19. The van der Waals surface area contributed by atoms with E-state index in [1.807, 2.05) is 50.6 Å². The number of halogens is 1. The summed E-state index contributed by atoms with van der Waals surface area (Å²) in [6.45, 7) is 2.02. The van der Waals surface area contributed by atoms with Gasteiger partial charge in [-0.2, -0.15) is 10.2 Å². The molecule has 0 saturated heterocycles. The van der Waals surface area contributed by atoms with Crippen LogP contribution in [0.3, 0.4) is 0 Å². The highest BCUT2D eigenvalue weighted by Crippen LogP contribution is 2.21. The Bertz CT molecular complexity index is 768. The van der Waals surface area contributed by atoms with Crippen LogP contribution in [-0.4, -0.2) is 25.0 Å². The summed E-state index contributed by atoms with van der Waals surface area (Å²) in [5.41, 5.74) is 2.74. The van der Waals surface area contributed by atoms with Crippen molar-refractivity contribution in [2.24, 2.45) is 7.05 Å². The van der Waals surface area contributed by atoms with Gasteiger partial charge in [0.05, 0.1) is 24.1 Å². The van der Waals surface area contributed by atoms with Crippen molar-refractivity contribution in [3.63, 3.8) is 0 Å². The maximum absolute atomic E-state index is 5.90. The monoisotopic (exact) mass is 314 g/mol. The molecule has 0 unspecified atom stereocenters. The van der Waals surface area contributed by atoms with Crippen molar-refractivity contribution in [1.82, 2.24) is 25.0 Å². The second-order valence-electron chi connectivity index (χ2n) is 4.99. The Balaban J connectivity index is 1.80. The number of hydrogen-bond acceptors (Lipinski definition) is 5. The van der Waals surface area contributed by atoms with Gasteiger partial charge in [0.25, 0.3) is 0 Å². The number of aryl methyl sites for hydroxylation is 1. The minimum Gasteiger partial charge on any atom is -0.346 e. The largest absolute Gasteiger partial charge is 0.346 e. The van der Waals surface area contributed by atoms with Crippen LogP contribution in [0.25, 0.3) is 11.3 Å². The number of benzene rings is 1. The van der Waals surface area contributed by atoms with Gasteiger partial charge in [0, 0.05) is 29.4 Å². The van der Waals surface area contributed by atoms with E-state index in [-0.39, 0.29) is 6.04 Å². The standard InChI is InChI=1S/C15H15ClN6/c1-10(12-7-18-22(2)9-12)19-15-20-14(8-17-21-15)11-3-5-13(16)6-4-11/h3-10H,1-2H3,(H,19,20,21)/t10-/m1/s1. The lowest BCUT2D eigenvalue weighted by Gasteiger charge is -2.11. The molecule has 3 aromatic rings. The fraction of sp³-hybridized carbons (Fsp3) is 0.200. The zero-order valence-electron chi connectivity index (χ0n) is 12.2. The highest BCUT2D eigenvalue weighted by Gasteiger charge is 2.10. The second-order valence-corrected chi connectivity index (χ2v) is 5.42. The van der Waals surface area contributed by atoms with Gasteiger partial charge >= 0.3 is 0 Å². The lowest BCUT2D eigenvalue weighted by atomic mass is 10.2. The average molecular weight is 315 g/mol.